The quantitative estimate of drug-likeness (QED) is 0.651. The van der Waals surface area contributed by atoms with Crippen molar-refractivity contribution in [3.63, 3.8) is 0 Å². The fourth-order valence-corrected chi connectivity index (χ4v) is 3.97. The zero-order valence-corrected chi connectivity index (χ0v) is 18.0. The van der Waals surface area contributed by atoms with Crippen LogP contribution in [0.5, 0.6) is 0 Å². The van der Waals surface area contributed by atoms with E-state index in [1.54, 1.807) is 29.6 Å². The number of hydrogen-bond acceptors (Lipinski definition) is 8. The number of hydrogen-bond donors (Lipinski definition) is 1. The Bertz CT molecular complexity index is 1010. The summed E-state index contributed by atoms with van der Waals surface area (Å²) in [5, 5.41) is 7.87. The smallest absolute Gasteiger partial charge is 0.247 e. The van der Waals surface area contributed by atoms with Crippen molar-refractivity contribution in [1.82, 2.24) is 29.6 Å². The van der Waals surface area contributed by atoms with Crippen LogP contribution in [0.1, 0.15) is 25.3 Å². The Morgan fingerprint density at radius 2 is 1.87 bits per heavy atom. The highest BCUT2D eigenvalue weighted by atomic mass is 16.5. The highest BCUT2D eigenvalue weighted by Gasteiger charge is 2.29. The Labute approximate surface area is 182 Å². The molecule has 0 saturated carbocycles. The van der Waals surface area contributed by atoms with Gasteiger partial charge in [-0.05, 0) is 29.7 Å². The van der Waals surface area contributed by atoms with Crippen LogP contribution in [0.25, 0.3) is 5.82 Å². The third-order valence-electron chi connectivity index (χ3n) is 5.96. The summed E-state index contributed by atoms with van der Waals surface area (Å²) in [5.74, 6) is 1.60. The third kappa shape index (κ3) is 4.38. The maximum Gasteiger partial charge on any atom is 0.247 e. The number of benzene rings is 1. The maximum absolute atomic E-state index is 5.36. The topological polar surface area (TPSA) is 84.2 Å². The van der Waals surface area contributed by atoms with Gasteiger partial charge < -0.3 is 15.0 Å². The van der Waals surface area contributed by atoms with Crippen LogP contribution in [-0.4, -0.2) is 75.1 Å². The molecule has 2 aromatic heterocycles. The van der Waals surface area contributed by atoms with E-state index in [9.17, 15) is 0 Å². The van der Waals surface area contributed by atoms with Gasteiger partial charge in [-0.25, -0.2) is 4.98 Å². The molecule has 9 nitrogen and oxygen atoms in total. The minimum atomic E-state index is 0.430. The molecule has 2 aliphatic heterocycles. The normalized spacial score (nSPS) is 17.7. The van der Waals surface area contributed by atoms with Crippen LogP contribution >= 0.6 is 0 Å². The molecule has 0 bridgehead atoms. The van der Waals surface area contributed by atoms with Crippen LogP contribution in [-0.2, 0) is 4.74 Å². The summed E-state index contributed by atoms with van der Waals surface area (Å²) in [6.45, 7) is 10.4. The van der Waals surface area contributed by atoms with Crippen LogP contribution < -0.4 is 10.2 Å². The molecule has 162 valence electrons. The van der Waals surface area contributed by atoms with Gasteiger partial charge in [0, 0.05) is 49.9 Å². The van der Waals surface area contributed by atoms with E-state index in [0.29, 0.717) is 23.7 Å². The van der Waals surface area contributed by atoms with Crippen LogP contribution in [0.15, 0.2) is 43.1 Å². The summed E-state index contributed by atoms with van der Waals surface area (Å²) in [6.07, 6.45) is 6.58. The molecule has 1 N–H and O–H groups in total. The largest absolute Gasteiger partial charge is 0.378 e. The summed E-state index contributed by atoms with van der Waals surface area (Å²) in [7, 11) is 0. The highest BCUT2D eigenvalue weighted by Crippen LogP contribution is 2.29. The van der Waals surface area contributed by atoms with E-state index >= 15 is 0 Å². The first-order valence-corrected chi connectivity index (χ1v) is 10.8. The van der Waals surface area contributed by atoms with Gasteiger partial charge in [0.25, 0.3) is 0 Å². The predicted octanol–water partition coefficient (Wildman–Crippen LogP) is 2.45. The van der Waals surface area contributed by atoms with Crippen molar-refractivity contribution in [2.45, 2.75) is 25.8 Å². The average Bonchev–Trinajstić information content (AvgIpc) is 3.22. The standard InChI is InChI=1S/C22H28N8O/c1-16(2)17-9-18(26-22-25-15-30(27-22)21-12-23-3-4-24-21)11-19(10-17)28-5-7-29(8-6-28)20-13-31-14-20/h3-4,9-12,15-16,20H,5-8,13-14H2,1-2H3,(H,26,27). The zero-order valence-electron chi connectivity index (χ0n) is 18.0. The first kappa shape index (κ1) is 19.9. The molecule has 4 heterocycles. The van der Waals surface area contributed by atoms with Crippen LogP contribution in [0.4, 0.5) is 17.3 Å². The minimum absolute atomic E-state index is 0.430. The van der Waals surface area contributed by atoms with E-state index in [1.165, 1.54) is 11.3 Å². The molecule has 2 saturated heterocycles. The van der Waals surface area contributed by atoms with Gasteiger partial charge in [0.05, 0.1) is 25.5 Å². The number of aromatic nitrogens is 5. The molecule has 0 atom stereocenters. The van der Waals surface area contributed by atoms with Gasteiger partial charge in [-0.3, -0.25) is 9.88 Å². The molecule has 31 heavy (non-hydrogen) atoms. The van der Waals surface area contributed by atoms with E-state index in [0.717, 1.165) is 45.1 Å². The maximum atomic E-state index is 5.36. The SMILES string of the molecule is CC(C)c1cc(Nc2ncn(-c3cnccn3)n2)cc(N2CCN(C3COC3)CC2)c1. The minimum Gasteiger partial charge on any atom is -0.378 e. The van der Waals surface area contributed by atoms with E-state index in [-0.39, 0.29) is 0 Å². The average molecular weight is 421 g/mol. The van der Waals surface area contributed by atoms with Crippen LogP contribution in [0, 0.1) is 0 Å². The van der Waals surface area contributed by atoms with Gasteiger partial charge >= 0.3 is 0 Å². The number of ether oxygens (including phenoxy) is 1. The van der Waals surface area contributed by atoms with Gasteiger partial charge in [0.2, 0.25) is 5.95 Å². The van der Waals surface area contributed by atoms with Gasteiger partial charge in [-0.15, -0.1) is 5.10 Å². The van der Waals surface area contributed by atoms with Gasteiger partial charge in [0.15, 0.2) is 5.82 Å². The van der Waals surface area contributed by atoms with Crippen molar-refractivity contribution in [2.24, 2.45) is 0 Å². The zero-order chi connectivity index (χ0) is 21.2. The van der Waals surface area contributed by atoms with Gasteiger partial charge in [0.1, 0.15) is 6.33 Å². The second kappa shape index (κ2) is 8.60. The molecule has 5 rings (SSSR count). The van der Waals surface area contributed by atoms with Crippen molar-refractivity contribution in [1.29, 1.82) is 0 Å². The number of nitrogens with zero attached hydrogens (tertiary/aromatic N) is 7. The van der Waals surface area contributed by atoms with Crippen molar-refractivity contribution >= 4 is 17.3 Å². The summed E-state index contributed by atoms with van der Waals surface area (Å²) in [6, 6.07) is 7.29. The second-order valence-corrected chi connectivity index (χ2v) is 8.38. The van der Waals surface area contributed by atoms with Crippen molar-refractivity contribution < 1.29 is 4.74 Å². The fraction of sp³-hybridized carbons (Fsp3) is 0.455. The molecule has 2 fully saturated rings. The van der Waals surface area contributed by atoms with Gasteiger partial charge in [-0.1, -0.05) is 13.8 Å². The van der Waals surface area contributed by atoms with Crippen molar-refractivity contribution in [3.05, 3.63) is 48.7 Å². The lowest BCUT2D eigenvalue weighted by Gasteiger charge is -2.43. The molecule has 0 radical (unpaired) electrons. The number of anilines is 3. The van der Waals surface area contributed by atoms with Crippen molar-refractivity contribution in [3.8, 4) is 5.82 Å². The van der Waals surface area contributed by atoms with E-state index < -0.39 is 0 Å². The van der Waals surface area contributed by atoms with E-state index in [2.05, 4.69) is 67.2 Å². The molecular formula is C22H28N8O. The molecule has 9 heteroatoms. The Kier molecular flexibility index (Phi) is 5.52. The van der Waals surface area contributed by atoms with Gasteiger partial charge in [-0.2, -0.15) is 9.67 Å². The summed E-state index contributed by atoms with van der Waals surface area (Å²) in [4.78, 5) is 17.8. The van der Waals surface area contributed by atoms with E-state index in [4.69, 9.17) is 4.74 Å². The lowest BCUT2D eigenvalue weighted by Crippen LogP contribution is -2.56. The number of rotatable bonds is 6. The lowest BCUT2D eigenvalue weighted by atomic mass is 10.0. The molecule has 0 unspecified atom stereocenters. The van der Waals surface area contributed by atoms with E-state index in [1.807, 2.05) is 0 Å². The summed E-state index contributed by atoms with van der Waals surface area (Å²) < 4.78 is 6.98. The third-order valence-corrected chi connectivity index (χ3v) is 5.96. The molecule has 0 amide bonds. The Morgan fingerprint density at radius 3 is 2.55 bits per heavy atom. The Hall–Kier alpha value is -3.04. The molecule has 0 aliphatic carbocycles. The molecule has 0 spiro atoms. The summed E-state index contributed by atoms with van der Waals surface area (Å²) >= 11 is 0. The first-order valence-electron chi connectivity index (χ1n) is 10.8. The Morgan fingerprint density at radius 1 is 1.03 bits per heavy atom. The van der Waals surface area contributed by atoms with Crippen molar-refractivity contribution in [2.75, 3.05) is 49.6 Å². The predicted molar refractivity (Wildman–Crippen MR) is 119 cm³/mol. The molecule has 3 aromatic rings. The lowest BCUT2D eigenvalue weighted by molar-refractivity contribution is -0.0660. The second-order valence-electron chi connectivity index (χ2n) is 8.38. The molecular weight excluding hydrogens is 392 g/mol. The fourth-order valence-electron chi connectivity index (χ4n) is 3.97. The van der Waals surface area contributed by atoms with Crippen LogP contribution in [0.2, 0.25) is 0 Å². The van der Waals surface area contributed by atoms with Crippen LogP contribution in [0.3, 0.4) is 0 Å². The monoisotopic (exact) mass is 420 g/mol. The Balaban J connectivity index is 1.33. The number of nitrogens with one attached hydrogen (secondary N) is 1. The number of piperazine rings is 1. The summed E-state index contributed by atoms with van der Waals surface area (Å²) in [5.41, 5.74) is 3.53. The highest BCUT2D eigenvalue weighted by molar-refractivity contribution is 5.64. The molecule has 2 aliphatic rings. The molecule has 1 aromatic carbocycles. The first-order chi connectivity index (χ1) is 15.2.